The second-order valence-corrected chi connectivity index (χ2v) is 9.67. The fraction of sp³-hybridized carbons (Fsp3) is 0.444. The number of nitrogens with one attached hydrogen (secondary N) is 2. The summed E-state index contributed by atoms with van der Waals surface area (Å²) in [6.45, 7) is 8.67. The van der Waals surface area contributed by atoms with E-state index >= 15 is 0 Å². The normalized spacial score (nSPS) is 14.8. The predicted molar refractivity (Wildman–Crippen MR) is 136 cm³/mol. The molecule has 2 aromatic heterocycles. The van der Waals surface area contributed by atoms with Gasteiger partial charge in [0.1, 0.15) is 17.3 Å². The van der Waals surface area contributed by atoms with Gasteiger partial charge in [0.25, 0.3) is 0 Å². The summed E-state index contributed by atoms with van der Waals surface area (Å²) in [6.07, 6.45) is 5.97. The molecule has 7 nitrogen and oxygen atoms in total. The number of aromatic nitrogens is 5. The number of H-pyrrole nitrogens is 2. The van der Waals surface area contributed by atoms with Gasteiger partial charge in [-0.05, 0) is 68.6 Å². The number of hydrogen-bond donors (Lipinski definition) is 2. The minimum Gasteiger partial charge on any atom is -0.494 e. The Bertz CT molecular complexity index is 1220. The van der Waals surface area contributed by atoms with Gasteiger partial charge in [-0.15, -0.1) is 0 Å². The number of hydrogen-bond acceptors (Lipinski definition) is 5. The summed E-state index contributed by atoms with van der Waals surface area (Å²) in [7, 11) is 0. The van der Waals surface area contributed by atoms with Crippen molar-refractivity contribution in [2.75, 3.05) is 26.2 Å². The number of benzene rings is 2. The minimum absolute atomic E-state index is 0.531. The summed E-state index contributed by atoms with van der Waals surface area (Å²) < 4.78 is 6.09. The van der Waals surface area contributed by atoms with Crippen molar-refractivity contribution in [2.24, 2.45) is 5.92 Å². The van der Waals surface area contributed by atoms with E-state index in [-0.39, 0.29) is 0 Å². The van der Waals surface area contributed by atoms with Gasteiger partial charge in [0.05, 0.1) is 12.1 Å². The monoisotopic (exact) mass is 458 g/mol. The maximum atomic E-state index is 6.09. The Morgan fingerprint density at radius 2 is 1.85 bits per heavy atom. The van der Waals surface area contributed by atoms with Crippen molar-refractivity contribution in [3.05, 3.63) is 48.3 Å². The first-order valence-electron chi connectivity index (χ1n) is 12.5. The van der Waals surface area contributed by atoms with Crippen molar-refractivity contribution in [1.29, 1.82) is 0 Å². The number of rotatable bonds is 9. The van der Waals surface area contributed by atoms with E-state index in [1.807, 2.05) is 24.3 Å². The lowest BCUT2D eigenvalue weighted by atomic mass is 10.1. The SMILES string of the molecule is CC(C)Cc1nc(-c2ccc3[nH]nc(-c4cccc(OCCCN5CCCCC5)c4)c3c2)n[nH]1. The molecule has 0 bridgehead atoms. The Hall–Kier alpha value is -3.19. The highest BCUT2D eigenvalue weighted by atomic mass is 16.5. The maximum Gasteiger partial charge on any atom is 0.181 e. The number of aromatic amines is 2. The zero-order valence-corrected chi connectivity index (χ0v) is 20.2. The van der Waals surface area contributed by atoms with Crippen molar-refractivity contribution in [2.45, 2.75) is 46.0 Å². The smallest absolute Gasteiger partial charge is 0.181 e. The van der Waals surface area contributed by atoms with E-state index in [0.29, 0.717) is 5.92 Å². The van der Waals surface area contributed by atoms with E-state index in [0.717, 1.165) is 71.1 Å². The van der Waals surface area contributed by atoms with Gasteiger partial charge in [-0.2, -0.15) is 10.2 Å². The zero-order chi connectivity index (χ0) is 23.3. The number of piperidine rings is 1. The summed E-state index contributed by atoms with van der Waals surface area (Å²) in [6, 6.07) is 14.4. The molecular weight excluding hydrogens is 424 g/mol. The third-order valence-electron chi connectivity index (χ3n) is 6.40. The molecule has 0 atom stereocenters. The molecule has 0 unspecified atom stereocenters. The molecule has 7 heteroatoms. The average molecular weight is 459 g/mol. The molecule has 0 spiro atoms. The molecule has 0 amide bonds. The maximum absolute atomic E-state index is 6.09. The molecule has 1 aliphatic rings. The van der Waals surface area contributed by atoms with Crippen LogP contribution < -0.4 is 4.74 Å². The molecule has 5 rings (SSSR count). The summed E-state index contributed by atoms with van der Waals surface area (Å²) in [5.74, 6) is 3.05. The van der Waals surface area contributed by atoms with Crippen molar-refractivity contribution in [3.8, 4) is 28.4 Å². The van der Waals surface area contributed by atoms with E-state index in [1.54, 1.807) is 0 Å². The van der Waals surface area contributed by atoms with Gasteiger partial charge < -0.3 is 9.64 Å². The van der Waals surface area contributed by atoms with E-state index in [9.17, 15) is 0 Å². The first-order chi connectivity index (χ1) is 16.7. The molecule has 178 valence electrons. The van der Waals surface area contributed by atoms with Crippen LogP contribution in [0.3, 0.4) is 0 Å². The fourth-order valence-electron chi connectivity index (χ4n) is 4.67. The van der Waals surface area contributed by atoms with E-state index in [2.05, 4.69) is 62.3 Å². The second-order valence-electron chi connectivity index (χ2n) is 9.67. The first kappa shape index (κ1) is 22.6. The topological polar surface area (TPSA) is 82.7 Å². The van der Waals surface area contributed by atoms with Crippen molar-refractivity contribution in [1.82, 2.24) is 30.3 Å². The highest BCUT2D eigenvalue weighted by Crippen LogP contribution is 2.31. The number of likely N-dealkylation sites (tertiary alicyclic amines) is 1. The summed E-state index contributed by atoms with van der Waals surface area (Å²) in [4.78, 5) is 7.24. The van der Waals surface area contributed by atoms with Crippen molar-refractivity contribution >= 4 is 10.9 Å². The molecule has 0 aliphatic carbocycles. The average Bonchev–Trinajstić information content (AvgIpc) is 3.49. The first-order valence-corrected chi connectivity index (χ1v) is 12.5. The van der Waals surface area contributed by atoms with Gasteiger partial charge in [0.15, 0.2) is 5.82 Å². The molecule has 2 N–H and O–H groups in total. The molecule has 1 aliphatic heterocycles. The fourth-order valence-corrected chi connectivity index (χ4v) is 4.67. The summed E-state index contributed by atoms with van der Waals surface area (Å²) in [5.41, 5.74) is 3.91. The third-order valence-corrected chi connectivity index (χ3v) is 6.40. The lowest BCUT2D eigenvalue weighted by molar-refractivity contribution is 0.205. The molecule has 0 radical (unpaired) electrons. The molecule has 1 fully saturated rings. The van der Waals surface area contributed by atoms with Crippen LogP contribution in [0, 0.1) is 5.92 Å². The minimum atomic E-state index is 0.531. The number of ether oxygens (including phenoxy) is 1. The molecule has 3 heterocycles. The Morgan fingerprint density at radius 1 is 0.971 bits per heavy atom. The van der Waals surface area contributed by atoms with Crippen molar-refractivity contribution < 1.29 is 4.74 Å². The molecule has 34 heavy (non-hydrogen) atoms. The molecule has 0 saturated carbocycles. The van der Waals surface area contributed by atoms with E-state index in [1.165, 1.54) is 32.4 Å². The van der Waals surface area contributed by atoms with Gasteiger partial charge >= 0.3 is 0 Å². The quantitative estimate of drug-likeness (QED) is 0.325. The largest absolute Gasteiger partial charge is 0.494 e. The molecular formula is C27H34N6O. The third kappa shape index (κ3) is 5.30. The van der Waals surface area contributed by atoms with Crippen molar-refractivity contribution in [3.63, 3.8) is 0 Å². The Morgan fingerprint density at radius 3 is 2.71 bits per heavy atom. The Labute approximate surface area is 200 Å². The Kier molecular flexibility index (Phi) is 6.90. The van der Waals surface area contributed by atoms with Crippen LogP contribution in [0.1, 0.15) is 45.4 Å². The van der Waals surface area contributed by atoms with Gasteiger partial charge in [-0.1, -0.05) is 32.4 Å². The van der Waals surface area contributed by atoms with Crippen LogP contribution >= 0.6 is 0 Å². The van der Waals surface area contributed by atoms with Gasteiger partial charge in [0.2, 0.25) is 0 Å². The lowest BCUT2D eigenvalue weighted by Crippen LogP contribution is -2.31. The number of nitrogens with zero attached hydrogens (tertiary/aromatic N) is 4. The predicted octanol–water partition coefficient (Wildman–Crippen LogP) is 5.47. The molecule has 1 saturated heterocycles. The van der Waals surface area contributed by atoms with Crippen LogP contribution in [0.5, 0.6) is 5.75 Å². The zero-order valence-electron chi connectivity index (χ0n) is 20.2. The standard InChI is InChI=1S/C27H34N6O/c1-19(2)16-25-28-27(32-30-25)21-10-11-24-23(18-21)26(31-29-24)20-8-6-9-22(17-20)34-15-7-14-33-12-4-3-5-13-33/h6,8-11,17-19H,3-5,7,12-16H2,1-2H3,(H,29,31)(H,28,30,32). The van der Waals surface area contributed by atoms with Crippen LogP contribution in [0.15, 0.2) is 42.5 Å². The second kappa shape index (κ2) is 10.4. The lowest BCUT2D eigenvalue weighted by Gasteiger charge is -2.26. The van der Waals surface area contributed by atoms with E-state index in [4.69, 9.17) is 4.74 Å². The summed E-state index contributed by atoms with van der Waals surface area (Å²) >= 11 is 0. The Balaban J connectivity index is 1.30. The van der Waals surface area contributed by atoms with Crippen LogP contribution in [0.25, 0.3) is 33.5 Å². The van der Waals surface area contributed by atoms with E-state index < -0.39 is 0 Å². The highest BCUT2D eigenvalue weighted by Gasteiger charge is 2.14. The van der Waals surface area contributed by atoms with Crippen LogP contribution in [-0.4, -0.2) is 56.5 Å². The highest BCUT2D eigenvalue weighted by molar-refractivity contribution is 5.95. The van der Waals surface area contributed by atoms with Crippen LogP contribution in [0.4, 0.5) is 0 Å². The van der Waals surface area contributed by atoms with Gasteiger partial charge in [-0.25, -0.2) is 4.98 Å². The number of fused-ring (bicyclic) bond motifs is 1. The van der Waals surface area contributed by atoms with Gasteiger partial charge in [0, 0.05) is 29.5 Å². The van der Waals surface area contributed by atoms with Gasteiger partial charge in [-0.3, -0.25) is 10.2 Å². The van der Waals surface area contributed by atoms with Crippen LogP contribution in [0.2, 0.25) is 0 Å². The molecule has 4 aromatic rings. The van der Waals surface area contributed by atoms with Crippen LogP contribution in [-0.2, 0) is 6.42 Å². The summed E-state index contributed by atoms with van der Waals surface area (Å²) in [5, 5.41) is 16.3. The molecule has 2 aromatic carbocycles.